The van der Waals surface area contributed by atoms with Gasteiger partial charge >= 0.3 is 5.97 Å². The Morgan fingerprint density at radius 1 is 1.40 bits per heavy atom. The number of rotatable bonds is 3. The molecule has 15 heavy (non-hydrogen) atoms. The first-order valence-electron chi connectivity index (χ1n) is 3.99. The number of aromatic hydroxyl groups is 1. The minimum absolute atomic E-state index is 0.0313. The molecule has 80 valence electrons. The zero-order chi connectivity index (χ0) is 11.4. The van der Waals surface area contributed by atoms with Gasteiger partial charge in [0.25, 0.3) is 0 Å². The van der Waals surface area contributed by atoms with Gasteiger partial charge in [-0.05, 0) is 12.1 Å². The summed E-state index contributed by atoms with van der Waals surface area (Å²) in [5.74, 6) is -1.92. The Kier molecular flexibility index (Phi) is 3.51. The second kappa shape index (κ2) is 4.65. The van der Waals surface area contributed by atoms with E-state index in [1.54, 1.807) is 0 Å². The van der Waals surface area contributed by atoms with Crippen LogP contribution in [0.15, 0.2) is 18.2 Å². The highest BCUT2D eigenvalue weighted by atomic mass is 35.5. The van der Waals surface area contributed by atoms with Crippen molar-refractivity contribution < 1.29 is 19.8 Å². The van der Waals surface area contributed by atoms with Gasteiger partial charge in [-0.25, -0.2) is 0 Å². The van der Waals surface area contributed by atoms with Gasteiger partial charge in [0.2, 0.25) is 5.91 Å². The van der Waals surface area contributed by atoms with Gasteiger partial charge in [-0.3, -0.25) is 9.59 Å². The minimum atomic E-state index is -1.22. The Bertz CT molecular complexity index is 405. The first-order valence-corrected chi connectivity index (χ1v) is 4.37. The molecule has 0 heterocycles. The molecule has 1 rings (SSSR count). The van der Waals surface area contributed by atoms with E-state index in [0.29, 0.717) is 0 Å². The Morgan fingerprint density at radius 3 is 2.60 bits per heavy atom. The molecule has 0 saturated heterocycles. The highest BCUT2D eigenvalue weighted by Crippen LogP contribution is 2.25. The zero-order valence-electron chi connectivity index (χ0n) is 7.53. The number of hydrogen-bond acceptors (Lipinski definition) is 3. The molecule has 0 aliphatic carbocycles. The summed E-state index contributed by atoms with van der Waals surface area (Å²) in [5, 5.41) is 19.8. The average Bonchev–Trinajstić information content (AvgIpc) is 2.08. The minimum Gasteiger partial charge on any atom is -0.508 e. The van der Waals surface area contributed by atoms with Gasteiger partial charge in [-0.1, -0.05) is 11.6 Å². The third-order valence-electron chi connectivity index (χ3n) is 1.54. The smallest absolute Gasteiger partial charge is 0.312 e. The van der Waals surface area contributed by atoms with Crippen LogP contribution < -0.4 is 5.32 Å². The molecule has 1 aromatic carbocycles. The number of phenolic OH excluding ortho intramolecular Hbond substituents is 1. The van der Waals surface area contributed by atoms with Gasteiger partial charge in [0, 0.05) is 6.07 Å². The van der Waals surface area contributed by atoms with Crippen LogP contribution in [-0.4, -0.2) is 22.1 Å². The van der Waals surface area contributed by atoms with E-state index in [2.05, 4.69) is 5.32 Å². The molecule has 0 unspecified atom stereocenters. The Labute approximate surface area is 90.3 Å². The highest BCUT2D eigenvalue weighted by Gasteiger charge is 2.09. The number of nitrogens with one attached hydrogen (secondary N) is 1. The Balaban J connectivity index is 2.72. The largest absolute Gasteiger partial charge is 0.508 e. The van der Waals surface area contributed by atoms with Crippen LogP contribution >= 0.6 is 11.6 Å². The molecule has 0 aliphatic rings. The molecule has 1 aromatic rings. The van der Waals surface area contributed by atoms with Gasteiger partial charge in [0.1, 0.15) is 12.2 Å². The SMILES string of the molecule is O=C(O)CC(=O)Nc1ccc(O)cc1Cl. The maximum Gasteiger partial charge on any atom is 0.312 e. The van der Waals surface area contributed by atoms with Gasteiger partial charge in [0.15, 0.2) is 0 Å². The molecule has 0 bridgehead atoms. The first kappa shape index (κ1) is 11.3. The van der Waals surface area contributed by atoms with Crippen LogP contribution in [0.5, 0.6) is 5.75 Å². The molecule has 3 N–H and O–H groups in total. The van der Waals surface area contributed by atoms with Crippen molar-refractivity contribution in [2.45, 2.75) is 6.42 Å². The number of carbonyl (C=O) groups excluding carboxylic acids is 1. The molecule has 0 spiro atoms. The Hall–Kier alpha value is -1.75. The number of phenols is 1. The predicted octanol–water partition coefficient (Wildman–Crippen LogP) is 1.46. The van der Waals surface area contributed by atoms with Crippen molar-refractivity contribution in [1.82, 2.24) is 0 Å². The second-order valence-corrected chi connectivity index (χ2v) is 3.19. The number of benzene rings is 1. The number of anilines is 1. The van der Waals surface area contributed by atoms with Gasteiger partial charge in [0.05, 0.1) is 10.7 Å². The van der Waals surface area contributed by atoms with E-state index in [1.165, 1.54) is 18.2 Å². The van der Waals surface area contributed by atoms with Crippen molar-refractivity contribution >= 4 is 29.2 Å². The summed E-state index contributed by atoms with van der Waals surface area (Å²) in [6.07, 6.45) is -0.628. The van der Waals surface area contributed by atoms with E-state index in [9.17, 15) is 9.59 Å². The summed E-state index contributed by atoms with van der Waals surface area (Å²) in [4.78, 5) is 21.3. The van der Waals surface area contributed by atoms with Crippen LogP contribution in [0.1, 0.15) is 6.42 Å². The lowest BCUT2D eigenvalue weighted by molar-refractivity contribution is -0.139. The number of halogens is 1. The first-order chi connectivity index (χ1) is 6.99. The van der Waals surface area contributed by atoms with E-state index < -0.39 is 18.3 Å². The van der Waals surface area contributed by atoms with E-state index >= 15 is 0 Å². The standard InChI is InChI=1S/C9H8ClNO4/c10-6-3-5(12)1-2-7(6)11-8(13)4-9(14)15/h1-3,12H,4H2,(H,11,13)(H,14,15). The van der Waals surface area contributed by atoms with Crippen LogP contribution in [0.2, 0.25) is 5.02 Å². The molecule has 0 saturated carbocycles. The summed E-state index contributed by atoms with van der Waals surface area (Å²) in [7, 11) is 0. The molecule has 1 amide bonds. The average molecular weight is 230 g/mol. The van der Waals surface area contributed by atoms with Crippen molar-refractivity contribution in [1.29, 1.82) is 0 Å². The van der Waals surface area contributed by atoms with Crippen LogP contribution in [0.3, 0.4) is 0 Å². The third-order valence-corrected chi connectivity index (χ3v) is 1.85. The number of aliphatic carboxylic acids is 1. The molecular formula is C9H8ClNO4. The maximum atomic E-state index is 11.0. The normalized spacial score (nSPS) is 9.67. The molecule has 0 aromatic heterocycles. The van der Waals surface area contributed by atoms with E-state index in [4.69, 9.17) is 21.8 Å². The fourth-order valence-corrected chi connectivity index (χ4v) is 1.16. The summed E-state index contributed by atoms with van der Waals surface area (Å²) >= 11 is 5.69. The second-order valence-electron chi connectivity index (χ2n) is 2.78. The van der Waals surface area contributed by atoms with E-state index in [0.717, 1.165) is 0 Å². The van der Waals surface area contributed by atoms with Crippen molar-refractivity contribution in [2.75, 3.05) is 5.32 Å². The van der Waals surface area contributed by atoms with Crippen LogP contribution in [0.25, 0.3) is 0 Å². The molecule has 6 heteroatoms. The fraction of sp³-hybridized carbons (Fsp3) is 0.111. The third kappa shape index (κ3) is 3.47. The lowest BCUT2D eigenvalue weighted by atomic mass is 10.3. The number of carboxylic acids is 1. The van der Waals surface area contributed by atoms with E-state index in [-0.39, 0.29) is 16.5 Å². The molecule has 0 fully saturated rings. The molecular weight excluding hydrogens is 222 g/mol. The lowest BCUT2D eigenvalue weighted by Crippen LogP contribution is -2.16. The summed E-state index contributed by atoms with van der Waals surface area (Å²) in [6, 6.07) is 3.97. The van der Waals surface area contributed by atoms with Crippen molar-refractivity contribution in [2.24, 2.45) is 0 Å². The molecule has 0 atom stereocenters. The summed E-state index contributed by atoms with van der Waals surface area (Å²) < 4.78 is 0. The predicted molar refractivity (Wildman–Crippen MR) is 54.0 cm³/mol. The van der Waals surface area contributed by atoms with Crippen molar-refractivity contribution in [3.05, 3.63) is 23.2 Å². The molecule has 0 aliphatic heterocycles. The monoisotopic (exact) mass is 229 g/mol. The van der Waals surface area contributed by atoms with E-state index in [1.807, 2.05) is 0 Å². The van der Waals surface area contributed by atoms with Gasteiger partial charge in [-0.2, -0.15) is 0 Å². The zero-order valence-corrected chi connectivity index (χ0v) is 8.28. The topological polar surface area (TPSA) is 86.6 Å². The highest BCUT2D eigenvalue weighted by molar-refractivity contribution is 6.33. The number of carboxylic acid groups (broad SMARTS) is 1. The lowest BCUT2D eigenvalue weighted by Gasteiger charge is -2.05. The number of hydrogen-bond donors (Lipinski definition) is 3. The van der Waals surface area contributed by atoms with Gasteiger partial charge < -0.3 is 15.5 Å². The fourth-order valence-electron chi connectivity index (χ4n) is 0.937. The molecule has 5 nitrogen and oxygen atoms in total. The quantitative estimate of drug-likeness (QED) is 0.541. The summed E-state index contributed by atoms with van der Waals surface area (Å²) in [5.41, 5.74) is 0.265. The Morgan fingerprint density at radius 2 is 2.07 bits per heavy atom. The van der Waals surface area contributed by atoms with Crippen molar-refractivity contribution in [3.63, 3.8) is 0 Å². The van der Waals surface area contributed by atoms with Crippen LogP contribution in [-0.2, 0) is 9.59 Å². The van der Waals surface area contributed by atoms with Crippen LogP contribution in [0, 0.1) is 0 Å². The van der Waals surface area contributed by atoms with Crippen molar-refractivity contribution in [3.8, 4) is 5.75 Å². The number of carbonyl (C=O) groups is 2. The van der Waals surface area contributed by atoms with Gasteiger partial charge in [-0.15, -0.1) is 0 Å². The van der Waals surface area contributed by atoms with Crippen LogP contribution in [0.4, 0.5) is 5.69 Å². The number of amides is 1. The molecule has 0 radical (unpaired) electrons. The summed E-state index contributed by atoms with van der Waals surface area (Å²) in [6.45, 7) is 0. The maximum absolute atomic E-state index is 11.0.